The Bertz CT molecular complexity index is 692. The van der Waals surface area contributed by atoms with Crippen LogP contribution in [-0.4, -0.2) is 46.8 Å². The predicted molar refractivity (Wildman–Crippen MR) is 77.2 cm³/mol. The molecular weight excluding hydrogens is 292 g/mol. The van der Waals surface area contributed by atoms with Gasteiger partial charge in [-0.25, -0.2) is 13.6 Å². The van der Waals surface area contributed by atoms with Gasteiger partial charge in [0, 0.05) is 23.3 Å². The first-order valence-corrected chi connectivity index (χ1v) is 8.71. The molecule has 0 saturated carbocycles. The summed E-state index contributed by atoms with van der Waals surface area (Å²) in [6.07, 6.45) is 3.13. The molecule has 8 heteroatoms. The van der Waals surface area contributed by atoms with Crippen molar-refractivity contribution >= 4 is 15.9 Å². The first kappa shape index (κ1) is 14.5. The van der Waals surface area contributed by atoms with Gasteiger partial charge in [0.1, 0.15) is 0 Å². The van der Waals surface area contributed by atoms with Gasteiger partial charge in [0.2, 0.25) is 10.0 Å². The van der Waals surface area contributed by atoms with E-state index in [1.165, 1.54) is 0 Å². The molecular formula is C13H20N4O3S. The molecule has 0 radical (unpaired) electrons. The van der Waals surface area contributed by atoms with Crippen LogP contribution in [0.1, 0.15) is 48.4 Å². The maximum Gasteiger partial charge on any atom is 0.275 e. The second-order valence-corrected chi connectivity index (χ2v) is 8.37. The Morgan fingerprint density at radius 3 is 2.76 bits per heavy atom. The molecule has 3 rings (SSSR count). The zero-order valence-electron chi connectivity index (χ0n) is 12.2. The van der Waals surface area contributed by atoms with Crippen LogP contribution in [0.15, 0.2) is 0 Å². The highest BCUT2D eigenvalue weighted by atomic mass is 32.2. The number of hydrogen-bond donors (Lipinski definition) is 2. The second-order valence-electron chi connectivity index (χ2n) is 6.53. The average molecular weight is 312 g/mol. The van der Waals surface area contributed by atoms with Crippen molar-refractivity contribution in [3.8, 4) is 0 Å². The van der Waals surface area contributed by atoms with Crippen molar-refractivity contribution in [2.45, 2.75) is 50.3 Å². The Balaban J connectivity index is 1.91. The molecule has 21 heavy (non-hydrogen) atoms. The fraction of sp³-hybridized carbons (Fsp3) is 0.692. The number of hydrogen-bond acceptors (Lipinski definition) is 4. The van der Waals surface area contributed by atoms with E-state index in [2.05, 4.69) is 10.2 Å². The molecule has 0 bridgehead atoms. The van der Waals surface area contributed by atoms with Gasteiger partial charge in [-0.2, -0.15) is 5.10 Å². The molecule has 1 fully saturated rings. The van der Waals surface area contributed by atoms with Crippen molar-refractivity contribution < 1.29 is 13.2 Å². The van der Waals surface area contributed by atoms with E-state index in [-0.39, 0.29) is 12.5 Å². The van der Waals surface area contributed by atoms with Gasteiger partial charge in [-0.05, 0) is 39.5 Å². The van der Waals surface area contributed by atoms with Crippen LogP contribution in [0.25, 0.3) is 0 Å². The highest BCUT2D eigenvalue weighted by Gasteiger charge is 2.46. The van der Waals surface area contributed by atoms with Crippen LogP contribution >= 0.6 is 0 Å². The molecule has 1 aromatic heterocycles. The van der Waals surface area contributed by atoms with Crippen molar-refractivity contribution in [2.75, 3.05) is 6.54 Å². The van der Waals surface area contributed by atoms with E-state index in [4.69, 9.17) is 5.14 Å². The third-order valence-electron chi connectivity index (χ3n) is 4.56. The van der Waals surface area contributed by atoms with Crippen LogP contribution in [0, 0.1) is 0 Å². The van der Waals surface area contributed by atoms with E-state index in [0.29, 0.717) is 12.1 Å². The van der Waals surface area contributed by atoms with Crippen molar-refractivity contribution in [1.29, 1.82) is 0 Å². The summed E-state index contributed by atoms with van der Waals surface area (Å²) in [6.45, 7) is 3.86. The highest BCUT2D eigenvalue weighted by molar-refractivity contribution is 7.89. The van der Waals surface area contributed by atoms with Gasteiger partial charge in [-0.15, -0.1) is 0 Å². The zero-order valence-corrected chi connectivity index (χ0v) is 13.0. The number of sulfonamides is 1. The molecule has 116 valence electrons. The molecule has 1 amide bonds. The molecule has 7 nitrogen and oxygen atoms in total. The van der Waals surface area contributed by atoms with Crippen LogP contribution in [0.3, 0.4) is 0 Å². The van der Waals surface area contributed by atoms with Gasteiger partial charge in [-0.3, -0.25) is 9.89 Å². The Morgan fingerprint density at radius 1 is 1.43 bits per heavy atom. The number of primary sulfonamides is 1. The Labute approximate surface area is 123 Å². The molecule has 1 unspecified atom stereocenters. The summed E-state index contributed by atoms with van der Waals surface area (Å²) >= 11 is 0. The van der Waals surface area contributed by atoms with E-state index in [1.807, 2.05) is 13.8 Å². The zero-order chi connectivity index (χ0) is 15.4. The fourth-order valence-electron chi connectivity index (χ4n) is 3.38. The van der Waals surface area contributed by atoms with Crippen LogP contribution < -0.4 is 5.14 Å². The minimum atomic E-state index is -3.64. The summed E-state index contributed by atoms with van der Waals surface area (Å²) in [4.78, 5) is 14.4. The molecule has 2 aliphatic rings. The fourth-order valence-corrected chi connectivity index (χ4v) is 4.38. The second kappa shape index (κ2) is 4.54. The lowest BCUT2D eigenvalue weighted by Crippen LogP contribution is -2.43. The van der Waals surface area contributed by atoms with E-state index in [9.17, 15) is 13.2 Å². The van der Waals surface area contributed by atoms with Gasteiger partial charge < -0.3 is 4.90 Å². The lowest BCUT2D eigenvalue weighted by Gasteiger charge is -2.30. The minimum Gasteiger partial charge on any atom is -0.331 e. The maximum atomic E-state index is 12.8. The molecule has 1 aliphatic carbocycles. The number of nitrogens with two attached hydrogens (primary N) is 1. The summed E-state index contributed by atoms with van der Waals surface area (Å²) in [7, 11) is -3.64. The number of aromatic nitrogens is 2. The highest BCUT2D eigenvalue weighted by Crippen LogP contribution is 2.34. The Hall–Kier alpha value is -1.41. The first-order chi connectivity index (χ1) is 9.70. The summed E-state index contributed by atoms with van der Waals surface area (Å²) in [5.74, 6) is -0.203. The standard InChI is InChI=1S/C13H20N4O3S/c1-13(2)6-8(21(14,19)20)7-17(13)12(18)11-9-4-3-5-10(9)15-16-11/h8H,3-7H2,1-2H3,(H,15,16)(H2,14,19,20). The normalized spacial score (nSPS) is 24.3. The van der Waals surface area contributed by atoms with E-state index in [1.54, 1.807) is 4.90 Å². The number of nitrogens with zero attached hydrogens (tertiary/aromatic N) is 2. The maximum absolute atomic E-state index is 12.8. The topological polar surface area (TPSA) is 109 Å². The monoisotopic (exact) mass is 312 g/mol. The van der Waals surface area contributed by atoms with Crippen LogP contribution in [0.4, 0.5) is 0 Å². The van der Waals surface area contributed by atoms with E-state index in [0.717, 1.165) is 30.5 Å². The SMILES string of the molecule is CC1(C)CC(S(N)(=O)=O)CN1C(=O)c1n[nH]c2c1CCC2. The molecule has 1 aromatic rings. The number of carbonyl (C=O) groups excluding carboxylic acids is 1. The number of aryl methyl sites for hydroxylation is 1. The smallest absolute Gasteiger partial charge is 0.275 e. The van der Waals surface area contributed by atoms with Crippen LogP contribution in [0.2, 0.25) is 0 Å². The van der Waals surface area contributed by atoms with Gasteiger partial charge in [-0.1, -0.05) is 0 Å². The molecule has 2 heterocycles. The lowest BCUT2D eigenvalue weighted by atomic mass is 10.0. The number of rotatable bonds is 2. The third kappa shape index (κ3) is 2.36. The third-order valence-corrected chi connectivity index (χ3v) is 5.81. The lowest BCUT2D eigenvalue weighted by molar-refractivity contribution is 0.0645. The number of aromatic amines is 1. The van der Waals surface area contributed by atoms with Crippen molar-refractivity contribution in [1.82, 2.24) is 15.1 Å². The van der Waals surface area contributed by atoms with Gasteiger partial charge in [0.25, 0.3) is 5.91 Å². The number of likely N-dealkylation sites (tertiary alicyclic amines) is 1. The molecule has 1 aliphatic heterocycles. The minimum absolute atomic E-state index is 0.131. The van der Waals surface area contributed by atoms with Gasteiger partial charge >= 0.3 is 0 Å². The molecule has 1 atom stereocenters. The van der Waals surface area contributed by atoms with Crippen molar-refractivity contribution in [3.05, 3.63) is 17.0 Å². The van der Waals surface area contributed by atoms with Crippen LogP contribution in [-0.2, 0) is 22.9 Å². The molecule has 0 aromatic carbocycles. The van der Waals surface area contributed by atoms with E-state index < -0.39 is 20.8 Å². The quantitative estimate of drug-likeness (QED) is 0.811. The van der Waals surface area contributed by atoms with Gasteiger partial charge in [0.05, 0.1) is 5.25 Å². The number of nitrogens with one attached hydrogen (secondary N) is 1. The number of amides is 1. The average Bonchev–Trinajstić information content (AvgIpc) is 2.99. The van der Waals surface area contributed by atoms with E-state index >= 15 is 0 Å². The van der Waals surface area contributed by atoms with Crippen molar-refractivity contribution in [3.63, 3.8) is 0 Å². The summed E-state index contributed by atoms with van der Waals surface area (Å²) < 4.78 is 23.2. The van der Waals surface area contributed by atoms with Crippen LogP contribution in [0.5, 0.6) is 0 Å². The number of H-pyrrole nitrogens is 1. The number of carbonyl (C=O) groups is 1. The summed E-state index contributed by atoms with van der Waals surface area (Å²) in [6, 6.07) is 0. The molecule has 3 N–H and O–H groups in total. The van der Waals surface area contributed by atoms with Gasteiger partial charge in [0.15, 0.2) is 5.69 Å². The van der Waals surface area contributed by atoms with Crippen molar-refractivity contribution in [2.24, 2.45) is 5.14 Å². The molecule has 1 saturated heterocycles. The number of fused-ring (bicyclic) bond motifs is 1. The molecule has 0 spiro atoms. The predicted octanol–water partition coefficient (Wildman–Crippen LogP) is 0.180. The summed E-state index contributed by atoms with van der Waals surface area (Å²) in [5.41, 5.74) is 1.90. The largest absolute Gasteiger partial charge is 0.331 e. The summed E-state index contributed by atoms with van der Waals surface area (Å²) in [5, 5.41) is 11.6. The first-order valence-electron chi connectivity index (χ1n) is 7.10. The Morgan fingerprint density at radius 2 is 2.14 bits per heavy atom. The Kier molecular flexibility index (Phi) is 3.14.